The van der Waals surface area contributed by atoms with Crippen molar-refractivity contribution < 1.29 is 14.7 Å². The van der Waals surface area contributed by atoms with Crippen LogP contribution in [0.2, 0.25) is 0 Å². The summed E-state index contributed by atoms with van der Waals surface area (Å²) in [6.45, 7) is 8.42. The average molecular weight is 306 g/mol. The number of amides is 2. The zero-order valence-electron chi connectivity index (χ0n) is 13.8. The Hall–Kier alpha value is -1.88. The lowest BCUT2D eigenvalue weighted by Crippen LogP contribution is -2.40. The summed E-state index contributed by atoms with van der Waals surface area (Å²) < 4.78 is 0. The third kappa shape index (κ3) is 5.85. The maximum atomic E-state index is 11.8. The van der Waals surface area contributed by atoms with Gasteiger partial charge in [-0.25, -0.2) is 0 Å². The predicted molar refractivity (Wildman–Crippen MR) is 87.7 cm³/mol. The highest BCUT2D eigenvalue weighted by Crippen LogP contribution is 2.18. The zero-order chi connectivity index (χ0) is 16.8. The van der Waals surface area contributed by atoms with Crippen LogP contribution >= 0.6 is 0 Å². The summed E-state index contributed by atoms with van der Waals surface area (Å²) in [5.74, 6) is -0.933. The van der Waals surface area contributed by atoms with Gasteiger partial charge in [0, 0.05) is 18.8 Å². The predicted octanol–water partition coefficient (Wildman–Crippen LogP) is 2.27. The molecule has 3 N–H and O–H groups in total. The van der Waals surface area contributed by atoms with E-state index in [4.69, 9.17) is 5.11 Å². The van der Waals surface area contributed by atoms with E-state index < -0.39 is 11.8 Å². The summed E-state index contributed by atoms with van der Waals surface area (Å²) in [5, 5.41) is 14.1. The molecule has 5 heteroatoms. The van der Waals surface area contributed by atoms with Gasteiger partial charge in [-0.3, -0.25) is 9.59 Å². The smallest absolute Gasteiger partial charge is 0.313 e. The second-order valence-corrected chi connectivity index (χ2v) is 6.55. The Labute approximate surface area is 132 Å². The Morgan fingerprint density at radius 2 is 1.73 bits per heavy atom. The third-order valence-corrected chi connectivity index (χ3v) is 3.56. The van der Waals surface area contributed by atoms with E-state index in [1.54, 1.807) is 12.1 Å². The maximum absolute atomic E-state index is 11.8. The largest absolute Gasteiger partial charge is 0.396 e. The Morgan fingerprint density at radius 1 is 1.14 bits per heavy atom. The van der Waals surface area contributed by atoms with Gasteiger partial charge in [0.25, 0.3) is 0 Å². The van der Waals surface area contributed by atoms with Crippen LogP contribution in [-0.4, -0.2) is 30.1 Å². The van der Waals surface area contributed by atoms with Crippen molar-refractivity contribution in [2.45, 2.75) is 40.0 Å². The topological polar surface area (TPSA) is 78.4 Å². The fourth-order valence-corrected chi connectivity index (χ4v) is 1.93. The van der Waals surface area contributed by atoms with E-state index in [9.17, 15) is 9.59 Å². The van der Waals surface area contributed by atoms with E-state index in [0.29, 0.717) is 24.6 Å². The maximum Gasteiger partial charge on any atom is 0.313 e. The lowest BCUT2D eigenvalue weighted by atomic mass is 9.90. The fourth-order valence-electron chi connectivity index (χ4n) is 1.93. The summed E-state index contributed by atoms with van der Waals surface area (Å²) in [4.78, 5) is 23.6. The molecule has 0 saturated carbocycles. The van der Waals surface area contributed by atoms with Crippen LogP contribution in [-0.2, 0) is 9.59 Å². The van der Waals surface area contributed by atoms with Gasteiger partial charge in [0.2, 0.25) is 0 Å². The van der Waals surface area contributed by atoms with Gasteiger partial charge in [0.1, 0.15) is 0 Å². The molecule has 0 aromatic heterocycles. The minimum absolute atomic E-state index is 0.0528. The summed E-state index contributed by atoms with van der Waals surface area (Å²) in [6.07, 6.45) is 0.561. The van der Waals surface area contributed by atoms with Crippen LogP contribution in [0.5, 0.6) is 0 Å². The minimum Gasteiger partial charge on any atom is -0.396 e. The summed E-state index contributed by atoms with van der Waals surface area (Å²) in [6, 6.07) is 7.44. The van der Waals surface area contributed by atoms with Crippen molar-refractivity contribution >= 4 is 17.5 Å². The number of hydrogen-bond donors (Lipinski definition) is 3. The molecule has 0 radical (unpaired) electrons. The average Bonchev–Trinajstić information content (AvgIpc) is 2.45. The van der Waals surface area contributed by atoms with Crippen molar-refractivity contribution in [3.05, 3.63) is 29.8 Å². The van der Waals surface area contributed by atoms with E-state index in [1.165, 1.54) is 5.56 Å². The van der Waals surface area contributed by atoms with Crippen LogP contribution < -0.4 is 10.6 Å². The number of anilines is 1. The van der Waals surface area contributed by atoms with E-state index >= 15 is 0 Å². The summed E-state index contributed by atoms with van der Waals surface area (Å²) in [5.41, 5.74) is 1.52. The van der Waals surface area contributed by atoms with Crippen LogP contribution in [0.4, 0.5) is 5.69 Å². The van der Waals surface area contributed by atoms with Crippen LogP contribution in [0, 0.1) is 5.41 Å². The van der Waals surface area contributed by atoms with Gasteiger partial charge in [0.15, 0.2) is 0 Å². The second kappa shape index (κ2) is 7.94. The molecule has 0 heterocycles. The van der Waals surface area contributed by atoms with Gasteiger partial charge in [-0.1, -0.05) is 39.8 Å². The number of aliphatic hydroxyl groups is 1. The van der Waals surface area contributed by atoms with Crippen molar-refractivity contribution in [2.75, 3.05) is 18.5 Å². The molecule has 0 aliphatic heterocycles. The zero-order valence-corrected chi connectivity index (χ0v) is 13.8. The number of nitrogens with one attached hydrogen (secondary N) is 2. The minimum atomic E-state index is -0.683. The monoisotopic (exact) mass is 306 g/mol. The van der Waals surface area contributed by atoms with Crippen molar-refractivity contribution in [3.8, 4) is 0 Å². The number of hydrogen-bond acceptors (Lipinski definition) is 3. The lowest BCUT2D eigenvalue weighted by Gasteiger charge is -2.23. The molecule has 5 nitrogen and oxygen atoms in total. The highest BCUT2D eigenvalue weighted by Gasteiger charge is 2.21. The molecule has 0 unspecified atom stereocenters. The van der Waals surface area contributed by atoms with Crippen molar-refractivity contribution in [1.82, 2.24) is 5.32 Å². The number of carbonyl (C=O) groups excluding carboxylic acids is 2. The molecule has 0 atom stereocenters. The Morgan fingerprint density at radius 3 is 2.23 bits per heavy atom. The van der Waals surface area contributed by atoms with Gasteiger partial charge in [-0.15, -0.1) is 0 Å². The molecule has 0 spiro atoms. The highest BCUT2D eigenvalue weighted by molar-refractivity contribution is 6.39. The molecule has 1 aromatic carbocycles. The second-order valence-electron chi connectivity index (χ2n) is 6.55. The molecule has 0 fully saturated rings. The van der Waals surface area contributed by atoms with Gasteiger partial charge < -0.3 is 15.7 Å². The van der Waals surface area contributed by atoms with Crippen molar-refractivity contribution in [3.63, 3.8) is 0 Å². The van der Waals surface area contributed by atoms with Gasteiger partial charge >= 0.3 is 11.8 Å². The molecule has 0 bridgehead atoms. The number of carbonyl (C=O) groups is 2. The first-order chi connectivity index (χ1) is 10.2. The molecule has 0 aliphatic carbocycles. The lowest BCUT2D eigenvalue weighted by molar-refractivity contribution is -0.136. The Kier molecular flexibility index (Phi) is 6.56. The molecular weight excluding hydrogens is 280 g/mol. The van der Waals surface area contributed by atoms with Crippen molar-refractivity contribution in [2.24, 2.45) is 5.41 Å². The summed E-state index contributed by atoms with van der Waals surface area (Å²) in [7, 11) is 0. The molecule has 0 aliphatic rings. The molecule has 2 amide bonds. The first-order valence-corrected chi connectivity index (χ1v) is 7.55. The standard InChI is InChI=1S/C17H26N2O3/c1-12(2)13-5-7-14(8-6-13)19-16(22)15(21)18-11-17(3,4)9-10-20/h5-8,12,20H,9-11H2,1-4H3,(H,18,21)(H,19,22). The van der Waals surface area contributed by atoms with Gasteiger partial charge in [0.05, 0.1) is 0 Å². The first-order valence-electron chi connectivity index (χ1n) is 7.55. The van der Waals surface area contributed by atoms with Gasteiger partial charge in [-0.2, -0.15) is 0 Å². The molecule has 1 rings (SSSR count). The van der Waals surface area contributed by atoms with Gasteiger partial charge in [-0.05, 0) is 35.4 Å². The summed E-state index contributed by atoms with van der Waals surface area (Å²) >= 11 is 0. The highest BCUT2D eigenvalue weighted by atomic mass is 16.3. The van der Waals surface area contributed by atoms with E-state index in [1.807, 2.05) is 26.0 Å². The Balaban J connectivity index is 2.52. The molecule has 122 valence electrons. The van der Waals surface area contributed by atoms with Crippen LogP contribution in [0.15, 0.2) is 24.3 Å². The quantitative estimate of drug-likeness (QED) is 0.706. The molecular formula is C17H26N2O3. The third-order valence-electron chi connectivity index (χ3n) is 3.56. The number of aliphatic hydroxyl groups excluding tert-OH is 1. The van der Waals surface area contributed by atoms with Crippen LogP contribution in [0.1, 0.15) is 45.6 Å². The van der Waals surface area contributed by atoms with E-state index in [-0.39, 0.29) is 12.0 Å². The number of benzene rings is 1. The molecule has 1 aromatic rings. The first kappa shape index (κ1) is 18.2. The Bertz CT molecular complexity index is 507. The molecule has 0 saturated heterocycles. The van der Waals surface area contributed by atoms with E-state index in [0.717, 1.165) is 0 Å². The van der Waals surface area contributed by atoms with E-state index in [2.05, 4.69) is 24.5 Å². The SMILES string of the molecule is CC(C)c1ccc(NC(=O)C(=O)NCC(C)(C)CCO)cc1. The van der Waals surface area contributed by atoms with Crippen LogP contribution in [0.3, 0.4) is 0 Å². The van der Waals surface area contributed by atoms with Crippen molar-refractivity contribution in [1.29, 1.82) is 0 Å². The number of rotatable bonds is 6. The fraction of sp³-hybridized carbons (Fsp3) is 0.529. The normalized spacial score (nSPS) is 11.4. The molecule has 22 heavy (non-hydrogen) atoms. The van der Waals surface area contributed by atoms with Crippen LogP contribution in [0.25, 0.3) is 0 Å².